The first kappa shape index (κ1) is 11.1. The molecular weight excluding hydrogens is 139 g/mol. The molecular formula is C3H6F3NO2. The molecule has 0 aliphatic heterocycles. The summed E-state index contributed by atoms with van der Waals surface area (Å²) in [6.07, 6.45) is -4.25. The van der Waals surface area contributed by atoms with E-state index in [1.807, 2.05) is 0 Å². The Kier molecular flexibility index (Phi) is 5.09. The quantitative estimate of drug-likeness (QED) is 0.421. The van der Waals surface area contributed by atoms with E-state index in [2.05, 4.69) is 0 Å². The van der Waals surface area contributed by atoms with Crippen LogP contribution in [0.4, 0.5) is 13.2 Å². The largest absolute Gasteiger partial charge is 0.556 e. The van der Waals surface area contributed by atoms with E-state index in [0.29, 0.717) is 0 Å². The van der Waals surface area contributed by atoms with E-state index in [4.69, 9.17) is 9.90 Å². The molecule has 0 saturated carbocycles. The fraction of sp³-hybridized carbons (Fsp3) is 0.667. The first-order valence-electron chi connectivity index (χ1n) is 1.83. The van der Waals surface area contributed by atoms with Gasteiger partial charge >= 0.3 is 6.30 Å². The first-order chi connectivity index (χ1) is 3.73. The Labute approximate surface area is 49.3 Å². The predicted octanol–water partition coefficient (Wildman–Crippen LogP) is -1.50. The van der Waals surface area contributed by atoms with E-state index in [0.717, 1.165) is 6.92 Å². The molecule has 0 fully saturated rings. The van der Waals surface area contributed by atoms with Crippen LogP contribution in [0.25, 0.3) is 0 Å². The lowest BCUT2D eigenvalue weighted by Crippen LogP contribution is -2.64. The Morgan fingerprint density at radius 3 is 1.56 bits per heavy atom. The molecule has 0 amide bonds. The number of quaternary nitrogens is 1. The molecule has 0 spiro atoms. The van der Waals surface area contributed by atoms with Gasteiger partial charge in [-0.15, -0.1) is 13.2 Å². The number of carboxylic acids is 1. The molecule has 0 atom stereocenters. The van der Waals surface area contributed by atoms with Gasteiger partial charge in [-0.3, -0.25) is 5.73 Å². The van der Waals surface area contributed by atoms with E-state index < -0.39 is 12.3 Å². The molecule has 0 heterocycles. The standard InChI is InChI=1S/C2H4O2.CH2F3N/c1-2(3)4;2-1(3,4)5/h1H3,(H,3,4);5H2. The minimum atomic E-state index is -4.25. The first-order valence-corrected chi connectivity index (χ1v) is 1.83. The smallest absolute Gasteiger partial charge is 0.550 e. The summed E-state index contributed by atoms with van der Waals surface area (Å²) in [5, 5.41) is 8.89. The highest BCUT2D eigenvalue weighted by molar-refractivity contribution is 5.60. The minimum Gasteiger partial charge on any atom is -0.550 e. The van der Waals surface area contributed by atoms with E-state index in [1.165, 1.54) is 0 Å². The number of carboxylic acid groups (broad SMARTS) is 1. The second-order valence-corrected chi connectivity index (χ2v) is 1.11. The van der Waals surface area contributed by atoms with Gasteiger partial charge in [0.25, 0.3) is 0 Å². The summed E-state index contributed by atoms with van der Waals surface area (Å²) < 4.78 is 30.7. The maximum Gasteiger partial charge on any atom is 0.556 e. The van der Waals surface area contributed by atoms with Gasteiger partial charge in [0.2, 0.25) is 0 Å². The van der Waals surface area contributed by atoms with E-state index in [9.17, 15) is 13.2 Å². The third-order valence-electron chi connectivity index (χ3n) is 0. The monoisotopic (exact) mass is 145 g/mol. The molecule has 0 radical (unpaired) electrons. The van der Waals surface area contributed by atoms with Gasteiger partial charge in [-0.05, 0) is 6.92 Å². The van der Waals surface area contributed by atoms with E-state index in [1.54, 1.807) is 5.73 Å². The van der Waals surface area contributed by atoms with Crippen molar-refractivity contribution in [3.05, 3.63) is 0 Å². The summed E-state index contributed by atoms with van der Waals surface area (Å²) in [6.45, 7) is 0.972. The van der Waals surface area contributed by atoms with Gasteiger partial charge in [0, 0.05) is 5.97 Å². The average molecular weight is 145 g/mol. The maximum atomic E-state index is 10.2. The third-order valence-corrected chi connectivity index (χ3v) is 0. The molecule has 0 aliphatic rings. The summed E-state index contributed by atoms with van der Waals surface area (Å²) >= 11 is 0. The number of alkyl halides is 3. The summed E-state index contributed by atoms with van der Waals surface area (Å²) in [6, 6.07) is 0. The van der Waals surface area contributed by atoms with Gasteiger partial charge in [0.15, 0.2) is 0 Å². The topological polar surface area (TPSA) is 67.8 Å². The van der Waals surface area contributed by atoms with E-state index in [-0.39, 0.29) is 0 Å². The third kappa shape index (κ3) is 323. The lowest BCUT2D eigenvalue weighted by molar-refractivity contribution is -0.618. The van der Waals surface area contributed by atoms with Crippen LogP contribution in [0.2, 0.25) is 0 Å². The second-order valence-electron chi connectivity index (χ2n) is 1.11. The van der Waals surface area contributed by atoms with Crippen molar-refractivity contribution in [1.29, 1.82) is 0 Å². The molecule has 56 valence electrons. The maximum absolute atomic E-state index is 10.2. The summed E-state index contributed by atoms with van der Waals surface area (Å²) in [4.78, 5) is 8.89. The molecule has 0 unspecified atom stereocenters. The van der Waals surface area contributed by atoms with Crippen LogP contribution in [0.15, 0.2) is 0 Å². The second kappa shape index (κ2) is 4.13. The van der Waals surface area contributed by atoms with Crippen LogP contribution < -0.4 is 10.8 Å². The van der Waals surface area contributed by atoms with Crippen LogP contribution in [0.3, 0.4) is 0 Å². The van der Waals surface area contributed by atoms with Crippen LogP contribution >= 0.6 is 0 Å². The van der Waals surface area contributed by atoms with Crippen molar-refractivity contribution in [3.63, 3.8) is 0 Å². The van der Waals surface area contributed by atoms with Crippen LogP contribution in [0, 0.1) is 0 Å². The van der Waals surface area contributed by atoms with Crippen molar-refractivity contribution >= 4 is 5.97 Å². The van der Waals surface area contributed by atoms with Crippen molar-refractivity contribution in [2.45, 2.75) is 13.2 Å². The molecule has 3 N–H and O–H groups in total. The van der Waals surface area contributed by atoms with Crippen molar-refractivity contribution in [2.75, 3.05) is 0 Å². The van der Waals surface area contributed by atoms with Gasteiger partial charge < -0.3 is 9.90 Å². The van der Waals surface area contributed by atoms with Crippen molar-refractivity contribution < 1.29 is 28.8 Å². The Balaban J connectivity index is 0. The summed E-state index contributed by atoms with van der Waals surface area (Å²) in [7, 11) is 0. The lowest BCUT2D eigenvalue weighted by atomic mass is 10.9. The zero-order chi connectivity index (χ0) is 8.08. The number of hydrogen-bond acceptors (Lipinski definition) is 2. The molecule has 0 aromatic heterocycles. The molecule has 0 bridgehead atoms. The number of hydrogen-bond donors (Lipinski definition) is 1. The van der Waals surface area contributed by atoms with Gasteiger partial charge in [0.05, 0.1) is 0 Å². The van der Waals surface area contributed by atoms with Crippen LogP contribution in [-0.2, 0) is 4.79 Å². The molecule has 3 nitrogen and oxygen atoms in total. The normalized spacial score (nSPS) is 9.44. The molecule has 0 aromatic carbocycles. The number of aliphatic carboxylic acids is 1. The lowest BCUT2D eigenvalue weighted by Gasteiger charge is -1.83. The van der Waals surface area contributed by atoms with Crippen LogP contribution in [-0.4, -0.2) is 12.3 Å². The Morgan fingerprint density at radius 1 is 1.56 bits per heavy atom. The Morgan fingerprint density at radius 2 is 1.56 bits per heavy atom. The number of carbonyl (C=O) groups is 1. The highest BCUT2D eigenvalue weighted by atomic mass is 19.4. The van der Waals surface area contributed by atoms with Crippen molar-refractivity contribution in [2.24, 2.45) is 0 Å². The van der Waals surface area contributed by atoms with Crippen LogP contribution in [0.5, 0.6) is 0 Å². The van der Waals surface area contributed by atoms with Crippen molar-refractivity contribution in [3.8, 4) is 0 Å². The highest BCUT2D eigenvalue weighted by Gasteiger charge is 2.23. The fourth-order valence-electron chi connectivity index (χ4n) is 0. The minimum absolute atomic E-state index is 0.972. The van der Waals surface area contributed by atoms with Gasteiger partial charge in [0.1, 0.15) is 0 Å². The predicted molar refractivity (Wildman–Crippen MR) is 19.6 cm³/mol. The summed E-state index contributed by atoms with van der Waals surface area (Å²) in [5.41, 5.74) is 1.77. The molecule has 0 aliphatic carbocycles. The SMILES string of the molecule is CC(=O)[O-].[NH3+]C(F)(F)F. The molecule has 0 aromatic rings. The zero-order valence-electron chi connectivity index (χ0n) is 4.66. The molecule has 0 saturated heterocycles. The van der Waals surface area contributed by atoms with Crippen molar-refractivity contribution in [1.82, 2.24) is 0 Å². The molecule has 0 rings (SSSR count). The number of carbonyl (C=O) groups excluding carboxylic acids is 1. The fourth-order valence-corrected chi connectivity index (χ4v) is 0. The van der Waals surface area contributed by atoms with Gasteiger partial charge in [-0.25, -0.2) is 0 Å². The van der Waals surface area contributed by atoms with Gasteiger partial charge in [-0.2, -0.15) is 0 Å². The number of rotatable bonds is 0. The summed E-state index contributed by atoms with van der Waals surface area (Å²) in [5.74, 6) is -1.08. The van der Waals surface area contributed by atoms with Gasteiger partial charge in [-0.1, -0.05) is 0 Å². The Bertz CT molecular complexity index is 79.5. The van der Waals surface area contributed by atoms with E-state index >= 15 is 0 Å². The highest BCUT2D eigenvalue weighted by Crippen LogP contribution is 1.98. The Hall–Kier alpha value is -0.780. The average Bonchev–Trinajstić information content (AvgIpc) is 1.19. The number of halogens is 3. The molecule has 6 heteroatoms. The molecule has 9 heavy (non-hydrogen) atoms. The van der Waals surface area contributed by atoms with Crippen LogP contribution in [0.1, 0.15) is 6.92 Å². The zero-order valence-corrected chi connectivity index (χ0v) is 4.66.